The fraction of sp³-hybridized carbons (Fsp3) is 0.143. The molecule has 0 aliphatic rings. The van der Waals surface area contributed by atoms with Gasteiger partial charge in [-0.1, -0.05) is 0 Å². The number of non-ortho nitro benzene ring substituents is 1. The quantitative estimate of drug-likeness (QED) is 0.429. The lowest BCUT2D eigenvalue weighted by molar-refractivity contribution is -0.390. The van der Waals surface area contributed by atoms with Crippen LogP contribution >= 0.6 is 0 Å². The highest BCUT2D eigenvalue weighted by atomic mass is 35.5. The molecule has 1 rings (SSSR count). The van der Waals surface area contributed by atoms with Crippen LogP contribution in [0.1, 0.15) is 5.56 Å². The third-order valence-corrected chi connectivity index (χ3v) is 1.74. The van der Waals surface area contributed by atoms with E-state index < -0.39 is 4.92 Å². The van der Waals surface area contributed by atoms with E-state index >= 15 is 0 Å². The van der Waals surface area contributed by atoms with E-state index in [1.807, 2.05) is 0 Å². The molecule has 0 aliphatic carbocycles. The molecule has 0 bridgehead atoms. The number of phenols is 1. The van der Waals surface area contributed by atoms with Gasteiger partial charge in [-0.2, -0.15) is 0 Å². The van der Waals surface area contributed by atoms with Crippen LogP contribution in [0.25, 0.3) is 0 Å². The molecule has 64 valence electrons. The monoisotopic (exact) mass is 188 g/mol. The molecular formula is C7H7ClNO3+. The molecule has 4 nitrogen and oxygen atoms in total. The van der Waals surface area contributed by atoms with Gasteiger partial charge in [0, 0.05) is 12.1 Å². The Bertz CT molecular complexity index is 314. The maximum Gasteiger partial charge on any atom is 0.270 e. The number of nitro benzene ring substituents is 1. The number of aromatic hydroxyl groups is 1. The third-order valence-electron chi connectivity index (χ3n) is 1.43. The number of halogens is 1. The van der Waals surface area contributed by atoms with Crippen LogP contribution in [0.2, 0.25) is 0 Å². The standard InChI is InChI=1S/C7H6ClNO3/c8-4-5-3-6(9(11)12)1-2-7(5)10/h1-3,8H,4H2/p+1. The largest absolute Gasteiger partial charge is 0.507 e. The first kappa shape index (κ1) is 8.80. The van der Waals surface area contributed by atoms with Gasteiger partial charge in [0.1, 0.15) is 17.4 Å². The minimum absolute atomic E-state index is 0.00981. The molecule has 0 radical (unpaired) electrons. The Morgan fingerprint density at radius 3 is 2.75 bits per heavy atom. The lowest BCUT2D eigenvalue weighted by atomic mass is 10.2. The number of rotatable bonds is 2. The van der Waals surface area contributed by atoms with Gasteiger partial charge in [-0.05, 0) is 6.07 Å². The fourth-order valence-corrected chi connectivity index (χ4v) is 1.03. The van der Waals surface area contributed by atoms with Gasteiger partial charge in [0.25, 0.3) is 5.69 Å². The van der Waals surface area contributed by atoms with Gasteiger partial charge < -0.3 is 5.11 Å². The van der Waals surface area contributed by atoms with Crippen LogP contribution in [-0.2, 0) is 5.88 Å². The predicted octanol–water partition coefficient (Wildman–Crippen LogP) is 1.08. The fourth-order valence-electron chi connectivity index (χ4n) is 0.801. The van der Waals surface area contributed by atoms with Gasteiger partial charge >= 0.3 is 0 Å². The van der Waals surface area contributed by atoms with Crippen molar-refractivity contribution in [2.24, 2.45) is 0 Å². The molecule has 0 fully saturated rings. The molecule has 5 heteroatoms. The molecule has 0 unspecified atom stereocenters. The van der Waals surface area contributed by atoms with Crippen LogP contribution in [0.15, 0.2) is 18.2 Å². The molecule has 0 saturated carbocycles. The van der Waals surface area contributed by atoms with E-state index in [4.69, 9.17) is 5.11 Å². The zero-order valence-corrected chi connectivity index (χ0v) is 6.87. The summed E-state index contributed by atoms with van der Waals surface area (Å²) in [7, 11) is 0. The smallest absolute Gasteiger partial charge is 0.270 e. The number of benzene rings is 1. The SMILES string of the molecule is O=[N+]([O-])c1ccc(O)c(C[ClH+])c1. The highest BCUT2D eigenvalue weighted by molar-refractivity contribution is 5.42. The number of nitro groups is 1. The summed E-state index contributed by atoms with van der Waals surface area (Å²) >= 11 is 4.67. The molecule has 0 amide bonds. The summed E-state index contributed by atoms with van der Waals surface area (Å²) in [5, 5.41) is 19.4. The van der Waals surface area contributed by atoms with Crippen molar-refractivity contribution in [3.05, 3.63) is 33.9 Å². The first-order chi connectivity index (χ1) is 5.65. The molecule has 1 aromatic rings. The highest BCUT2D eigenvalue weighted by Crippen LogP contribution is 2.22. The van der Waals surface area contributed by atoms with Crippen molar-refractivity contribution in [1.29, 1.82) is 0 Å². The van der Waals surface area contributed by atoms with E-state index in [1.165, 1.54) is 18.2 Å². The van der Waals surface area contributed by atoms with Crippen LogP contribution in [-0.4, -0.2) is 10.0 Å². The molecule has 0 heterocycles. The summed E-state index contributed by atoms with van der Waals surface area (Å²) in [6, 6.07) is 3.80. The van der Waals surface area contributed by atoms with Gasteiger partial charge in [0.15, 0.2) is 5.88 Å². The van der Waals surface area contributed by atoms with Crippen molar-refractivity contribution >= 4 is 5.69 Å². The molecule has 12 heavy (non-hydrogen) atoms. The number of alkyl halides is 1. The first-order valence-corrected chi connectivity index (χ1v) is 3.77. The van der Waals surface area contributed by atoms with Gasteiger partial charge in [-0.15, -0.1) is 0 Å². The molecule has 0 aromatic heterocycles. The van der Waals surface area contributed by atoms with E-state index in [2.05, 4.69) is 11.6 Å². The van der Waals surface area contributed by atoms with Crippen LogP contribution in [0.4, 0.5) is 5.69 Å². The van der Waals surface area contributed by atoms with Crippen LogP contribution in [0.3, 0.4) is 0 Å². The number of hydrogen-bond donors (Lipinski definition) is 1. The summed E-state index contributed by atoms with van der Waals surface area (Å²) < 4.78 is 0. The Morgan fingerprint density at radius 2 is 2.25 bits per heavy atom. The van der Waals surface area contributed by atoms with E-state index in [-0.39, 0.29) is 17.3 Å². The topological polar surface area (TPSA) is 63.4 Å². The Hall–Kier alpha value is -1.29. The van der Waals surface area contributed by atoms with Gasteiger partial charge in [-0.25, -0.2) is 0 Å². The summed E-state index contributed by atoms with van der Waals surface area (Å²) in [4.78, 5) is 9.75. The van der Waals surface area contributed by atoms with Crippen LogP contribution in [0, 0.1) is 21.7 Å². The predicted molar refractivity (Wildman–Crippen MR) is 39.9 cm³/mol. The Balaban J connectivity index is 3.13. The number of hydrogen-bond acceptors (Lipinski definition) is 3. The van der Waals surface area contributed by atoms with Crippen molar-refractivity contribution in [3.8, 4) is 5.75 Å². The van der Waals surface area contributed by atoms with Crippen molar-refractivity contribution < 1.29 is 21.6 Å². The van der Waals surface area contributed by atoms with Gasteiger partial charge in [-0.3, -0.25) is 10.1 Å². The Morgan fingerprint density at radius 1 is 1.58 bits per heavy atom. The molecule has 0 saturated heterocycles. The van der Waals surface area contributed by atoms with Gasteiger partial charge in [0.05, 0.1) is 10.5 Å². The second-order valence-electron chi connectivity index (χ2n) is 2.21. The summed E-state index contributed by atoms with van der Waals surface area (Å²) in [6.45, 7) is 0. The van der Waals surface area contributed by atoms with Crippen LogP contribution in [0.5, 0.6) is 5.75 Å². The second kappa shape index (κ2) is 3.40. The maximum absolute atomic E-state index is 10.3. The molecule has 0 spiro atoms. The molecule has 0 aliphatic heterocycles. The van der Waals surface area contributed by atoms with E-state index in [0.29, 0.717) is 5.56 Å². The summed E-state index contributed by atoms with van der Waals surface area (Å²) in [6.07, 6.45) is 0. The van der Waals surface area contributed by atoms with Crippen molar-refractivity contribution in [3.63, 3.8) is 0 Å². The summed E-state index contributed by atoms with van der Waals surface area (Å²) in [5.41, 5.74) is 0.367. The van der Waals surface area contributed by atoms with Crippen LogP contribution < -0.4 is 0 Å². The maximum atomic E-state index is 10.3. The van der Waals surface area contributed by atoms with Gasteiger partial charge in [0.2, 0.25) is 0 Å². The van der Waals surface area contributed by atoms with E-state index in [9.17, 15) is 10.1 Å². The minimum atomic E-state index is -0.520. The minimum Gasteiger partial charge on any atom is -0.507 e. The average molecular weight is 189 g/mol. The third kappa shape index (κ3) is 1.65. The molecule has 1 N–H and O–H groups in total. The summed E-state index contributed by atoms with van der Waals surface area (Å²) in [5.74, 6) is 0.184. The molecular weight excluding hydrogens is 182 g/mol. The second-order valence-corrected chi connectivity index (χ2v) is 2.50. The Kier molecular flexibility index (Phi) is 2.50. The number of phenolic OH excluding ortho intramolecular Hbond substituents is 1. The number of nitrogens with zero attached hydrogens (tertiary/aromatic N) is 1. The molecule has 1 aromatic carbocycles. The normalized spacial score (nSPS) is 9.75. The molecule has 0 atom stereocenters. The van der Waals surface area contributed by atoms with Crippen molar-refractivity contribution in [1.82, 2.24) is 0 Å². The van der Waals surface area contributed by atoms with Crippen molar-refractivity contribution in [2.75, 3.05) is 0 Å². The lowest BCUT2D eigenvalue weighted by Gasteiger charge is -1.96. The van der Waals surface area contributed by atoms with E-state index in [0.717, 1.165) is 0 Å². The van der Waals surface area contributed by atoms with E-state index in [1.54, 1.807) is 0 Å². The zero-order valence-electron chi connectivity index (χ0n) is 6.06. The zero-order chi connectivity index (χ0) is 9.14. The lowest BCUT2D eigenvalue weighted by Crippen LogP contribution is -1.90. The highest BCUT2D eigenvalue weighted by Gasteiger charge is 2.10. The average Bonchev–Trinajstić information content (AvgIpc) is 2.05. The first-order valence-electron chi connectivity index (χ1n) is 3.19. The van der Waals surface area contributed by atoms with Crippen molar-refractivity contribution in [2.45, 2.75) is 5.88 Å². The Labute approximate surface area is 73.5 Å².